The third-order valence-corrected chi connectivity index (χ3v) is 8.29. The number of nitrogens with zero attached hydrogens (tertiary/aromatic N) is 9. The van der Waals surface area contributed by atoms with Crippen LogP contribution in [0.1, 0.15) is 29.2 Å². The maximum Gasteiger partial charge on any atom is 0.354 e. The Morgan fingerprint density at radius 2 is 2.15 bits per heavy atom. The molecule has 2 atom stereocenters. The highest BCUT2D eigenvalue weighted by Gasteiger charge is 2.50. The fraction of sp³-hybridized carbons (Fsp3) is 0.423. The first-order chi connectivity index (χ1) is 19.7. The Kier molecular flexibility index (Phi) is 7.16. The number of ether oxygens (including phenoxy) is 1. The number of fused-ring (bicyclic) bond motifs is 1. The zero-order chi connectivity index (χ0) is 28.8. The maximum atomic E-state index is 13.7. The Labute approximate surface area is 246 Å². The van der Waals surface area contributed by atoms with Crippen LogP contribution in [0.3, 0.4) is 0 Å². The summed E-state index contributed by atoms with van der Waals surface area (Å²) in [6, 6.07) is 5.59. The minimum atomic E-state index is -3.28. The summed E-state index contributed by atoms with van der Waals surface area (Å²) in [5, 5.41) is 15.2. The van der Waals surface area contributed by atoms with Crippen molar-refractivity contribution in [2.45, 2.75) is 34.5 Å². The zero-order valence-electron chi connectivity index (χ0n) is 21.9. The predicted molar refractivity (Wildman–Crippen MR) is 150 cm³/mol. The summed E-state index contributed by atoms with van der Waals surface area (Å²) in [6.45, 7) is 1.87. The van der Waals surface area contributed by atoms with Gasteiger partial charge in [-0.1, -0.05) is 0 Å². The number of aromatic amines is 1. The summed E-state index contributed by atoms with van der Waals surface area (Å²) >= 11 is 0.945. The molecule has 0 aromatic carbocycles. The van der Waals surface area contributed by atoms with Crippen molar-refractivity contribution in [3.8, 4) is 17.3 Å². The third kappa shape index (κ3) is 5.04. The van der Waals surface area contributed by atoms with E-state index in [1.807, 2.05) is 23.1 Å². The number of nitrogens with one attached hydrogen (secondary N) is 1. The number of alkyl halides is 3. The zero-order valence-corrected chi connectivity index (χ0v) is 24.1. The molecule has 2 aliphatic heterocycles. The van der Waals surface area contributed by atoms with E-state index in [9.17, 15) is 18.8 Å². The number of piperidine rings is 1. The van der Waals surface area contributed by atoms with Crippen molar-refractivity contribution in [2.75, 3.05) is 33.3 Å². The minimum Gasteiger partial charge on any atom is -0.378 e. The number of hydrogen-bond donors (Lipinski definition) is 1. The highest BCUT2D eigenvalue weighted by Crippen LogP contribution is 2.38. The molecule has 0 spiro atoms. The minimum absolute atomic E-state index is 0.00638. The number of hydrogen-bond acceptors (Lipinski definition) is 9. The van der Waals surface area contributed by atoms with E-state index in [1.165, 1.54) is 18.6 Å². The number of likely N-dealkylation sites (tertiary alicyclic amines) is 2. The molecule has 41 heavy (non-hydrogen) atoms. The molecule has 1 amide bonds. The Bertz CT molecular complexity index is 1620. The summed E-state index contributed by atoms with van der Waals surface area (Å²) < 4.78 is 31.8. The maximum absolute atomic E-state index is 13.7. The van der Waals surface area contributed by atoms with Crippen LogP contribution in [-0.2, 0) is 14.2 Å². The lowest BCUT2D eigenvalue weighted by molar-refractivity contribution is -0.0964. The van der Waals surface area contributed by atoms with Gasteiger partial charge in [0.1, 0.15) is 23.2 Å². The molecule has 4 aromatic heterocycles. The lowest BCUT2D eigenvalue weighted by atomic mass is 9.83. The van der Waals surface area contributed by atoms with Crippen LogP contribution in [0.15, 0.2) is 43.2 Å². The van der Waals surface area contributed by atoms with Crippen molar-refractivity contribution < 1.29 is 18.3 Å². The van der Waals surface area contributed by atoms with Crippen molar-refractivity contribution in [1.82, 2.24) is 44.5 Å². The summed E-state index contributed by atoms with van der Waals surface area (Å²) in [5.74, 6) is -1.14. The van der Waals surface area contributed by atoms with Gasteiger partial charge in [0.2, 0.25) is 5.82 Å². The van der Waals surface area contributed by atoms with Crippen LogP contribution in [0.4, 0.5) is 8.78 Å². The number of methoxy groups -OCH3 is 1. The molecule has 2 fully saturated rings. The molecule has 15 heteroatoms. The molecule has 1 N–H and O–H groups in total. The van der Waals surface area contributed by atoms with Crippen molar-refractivity contribution >= 4 is 39.5 Å². The van der Waals surface area contributed by atoms with E-state index in [2.05, 4.69) is 41.0 Å². The first-order valence-corrected chi connectivity index (χ1v) is 14.0. The lowest BCUT2D eigenvalue weighted by Crippen LogP contribution is -2.69. The quantitative estimate of drug-likeness (QED) is 0.231. The number of H-pyrrole nitrogens is 1. The molecule has 2 aliphatic rings. The fourth-order valence-corrected chi connectivity index (χ4v) is 6.01. The van der Waals surface area contributed by atoms with Crippen LogP contribution < -0.4 is 0 Å². The number of amides is 1. The second kappa shape index (κ2) is 10.7. The highest BCUT2D eigenvalue weighted by molar-refractivity contribution is 14.1. The Morgan fingerprint density at radius 1 is 1.32 bits per heavy atom. The van der Waals surface area contributed by atoms with Crippen molar-refractivity contribution in [3.63, 3.8) is 0 Å². The van der Waals surface area contributed by atoms with Gasteiger partial charge in [-0.2, -0.15) is 19.1 Å². The van der Waals surface area contributed by atoms with Crippen LogP contribution in [-0.4, -0.2) is 95.8 Å². The van der Waals surface area contributed by atoms with Crippen LogP contribution in [0.2, 0.25) is 0 Å². The van der Waals surface area contributed by atoms with E-state index >= 15 is 0 Å². The highest BCUT2D eigenvalue weighted by atomic mass is 127. The first kappa shape index (κ1) is 27.5. The molecule has 4 aromatic rings. The second-order valence-electron chi connectivity index (χ2n) is 10.2. The Balaban J connectivity index is 1.16. The summed E-state index contributed by atoms with van der Waals surface area (Å²) in [5.41, 5.74) is 1.75. The van der Waals surface area contributed by atoms with Gasteiger partial charge in [-0.3, -0.25) is 14.4 Å². The van der Waals surface area contributed by atoms with Crippen LogP contribution >= 0.6 is 22.6 Å². The van der Waals surface area contributed by atoms with E-state index in [-0.39, 0.29) is 30.8 Å². The molecule has 2 saturated heterocycles. The molecule has 0 saturated carbocycles. The molecule has 212 valence electrons. The fourth-order valence-electron chi connectivity index (χ4n) is 5.75. The van der Waals surface area contributed by atoms with Crippen LogP contribution in [0, 0.1) is 11.3 Å². The number of rotatable bonds is 7. The van der Waals surface area contributed by atoms with Gasteiger partial charge < -0.3 is 14.6 Å². The molecule has 6 rings (SSSR count). The Morgan fingerprint density at radius 3 is 2.90 bits per heavy atom. The van der Waals surface area contributed by atoms with E-state index < -0.39 is 21.2 Å². The predicted octanol–water partition coefficient (Wildman–Crippen LogP) is 2.95. The standard InChI is InChI=1S/C26H25F2IN10O2/c1-41-20-12-37(23(40)18-3-8-32-24(36-18)26(27,28)29)9-4-19(20)38-13-25(14-38,5-6-30)39-11-16(10-35-39)21-17-2-7-31-22(17)34-15-33-21/h2-3,7-8,10-11,15,19-20H,4-5,9,12-14H2,1H3,(H,31,33,34)/t19-,20+/m0/s1. The number of nitriles is 1. The molecule has 0 unspecified atom stereocenters. The van der Waals surface area contributed by atoms with Crippen molar-refractivity contribution in [1.29, 1.82) is 5.26 Å². The van der Waals surface area contributed by atoms with E-state index in [1.54, 1.807) is 18.2 Å². The van der Waals surface area contributed by atoms with Gasteiger partial charge in [0, 0.05) is 91.5 Å². The molecule has 0 bridgehead atoms. The topological polar surface area (TPSA) is 142 Å². The van der Waals surface area contributed by atoms with Gasteiger partial charge in [0.05, 0.1) is 30.5 Å². The van der Waals surface area contributed by atoms with Gasteiger partial charge in [0.25, 0.3) is 5.91 Å². The number of halogens is 3. The van der Waals surface area contributed by atoms with Gasteiger partial charge in [-0.05, 0) is 18.6 Å². The molecule has 6 heterocycles. The van der Waals surface area contributed by atoms with Crippen LogP contribution in [0.5, 0.6) is 0 Å². The number of carbonyl (C=O) groups is 1. The lowest BCUT2D eigenvalue weighted by Gasteiger charge is -2.55. The van der Waals surface area contributed by atoms with Crippen LogP contribution in [0.25, 0.3) is 22.3 Å². The van der Waals surface area contributed by atoms with Crippen molar-refractivity contribution in [3.05, 3.63) is 54.8 Å². The largest absolute Gasteiger partial charge is 0.378 e. The molecule has 0 radical (unpaired) electrons. The number of carbonyl (C=O) groups excluding carboxylic acids is 1. The van der Waals surface area contributed by atoms with Crippen molar-refractivity contribution in [2.24, 2.45) is 0 Å². The van der Waals surface area contributed by atoms with E-state index in [0.717, 1.165) is 44.9 Å². The average Bonchev–Trinajstić information content (AvgIpc) is 3.64. The van der Waals surface area contributed by atoms with Gasteiger partial charge >= 0.3 is 3.93 Å². The molecule has 12 nitrogen and oxygen atoms in total. The first-order valence-electron chi connectivity index (χ1n) is 12.9. The SMILES string of the molecule is CO[C@@H]1CN(C(=O)c2ccnc(C(F)(F)I)n2)CC[C@@H]1N1CC(CC#N)(n2cc(-c3ncnc4[nH]ccc34)cn2)C1. The average molecular weight is 674 g/mol. The normalized spacial score (nSPS) is 21.0. The molecular weight excluding hydrogens is 649 g/mol. The third-order valence-electron chi connectivity index (χ3n) is 7.81. The Hall–Kier alpha value is -3.62. The second-order valence-corrected chi connectivity index (χ2v) is 11.6. The smallest absolute Gasteiger partial charge is 0.354 e. The van der Waals surface area contributed by atoms with E-state index in [4.69, 9.17) is 4.74 Å². The number of aromatic nitrogens is 7. The van der Waals surface area contributed by atoms with Gasteiger partial charge in [-0.25, -0.2) is 19.9 Å². The van der Waals surface area contributed by atoms with Gasteiger partial charge in [0.15, 0.2) is 0 Å². The summed E-state index contributed by atoms with van der Waals surface area (Å²) in [7, 11) is 1.59. The monoisotopic (exact) mass is 674 g/mol. The summed E-state index contributed by atoms with van der Waals surface area (Å²) in [6.07, 6.45) is 8.75. The molecule has 0 aliphatic carbocycles. The van der Waals surface area contributed by atoms with E-state index in [0.29, 0.717) is 26.1 Å². The van der Waals surface area contributed by atoms with Gasteiger partial charge in [-0.15, -0.1) is 0 Å². The summed E-state index contributed by atoms with van der Waals surface area (Å²) in [4.78, 5) is 36.1. The molecular formula is C26H25F2IN10O2.